The van der Waals surface area contributed by atoms with E-state index in [1.54, 1.807) is 30.3 Å². The Balaban J connectivity index is 2.20. The minimum absolute atomic E-state index is 0.186. The van der Waals surface area contributed by atoms with E-state index < -0.39 is 0 Å². The van der Waals surface area contributed by atoms with Crippen LogP contribution in [0.4, 0.5) is 0 Å². The fraction of sp³-hybridized carbons (Fsp3) is 0.133. The molecule has 0 bridgehead atoms. The Bertz CT molecular complexity index is 620. The highest BCUT2D eigenvalue weighted by atomic mass is 35.5. The predicted molar refractivity (Wildman–Crippen MR) is 72.9 cm³/mol. The normalized spacial score (nSPS) is 9.95. The van der Waals surface area contributed by atoms with Gasteiger partial charge in [0, 0.05) is 16.1 Å². The van der Waals surface area contributed by atoms with Gasteiger partial charge in [-0.1, -0.05) is 35.9 Å². The lowest BCUT2D eigenvalue weighted by molar-refractivity contribution is 0.259. The van der Waals surface area contributed by atoms with Crippen molar-refractivity contribution in [3.63, 3.8) is 0 Å². The third kappa shape index (κ3) is 3.05. The second-order valence-electron chi connectivity index (χ2n) is 3.93. The summed E-state index contributed by atoms with van der Waals surface area (Å²) in [5, 5.41) is 18.7. The minimum atomic E-state index is -0.186. The van der Waals surface area contributed by atoms with Crippen molar-refractivity contribution in [1.82, 2.24) is 0 Å². The van der Waals surface area contributed by atoms with Crippen LogP contribution in [0.25, 0.3) is 0 Å². The lowest BCUT2D eigenvalue weighted by atomic mass is 10.1. The maximum absolute atomic E-state index is 9.28. The molecule has 0 heterocycles. The fourth-order valence-corrected chi connectivity index (χ4v) is 1.96. The number of halogens is 1. The Morgan fingerprint density at radius 1 is 1.16 bits per heavy atom. The molecule has 2 aromatic carbocycles. The number of nitriles is 1. The van der Waals surface area contributed by atoms with Crippen molar-refractivity contribution in [3.8, 4) is 11.8 Å². The zero-order chi connectivity index (χ0) is 13.7. The first-order valence-corrected chi connectivity index (χ1v) is 6.13. The summed E-state index contributed by atoms with van der Waals surface area (Å²) >= 11 is 5.98. The number of benzene rings is 2. The molecular weight excluding hydrogens is 262 g/mol. The van der Waals surface area contributed by atoms with Crippen LogP contribution in [0.1, 0.15) is 16.7 Å². The molecule has 3 nitrogen and oxygen atoms in total. The Morgan fingerprint density at radius 3 is 2.68 bits per heavy atom. The van der Waals surface area contributed by atoms with E-state index in [1.807, 2.05) is 12.1 Å². The van der Waals surface area contributed by atoms with Gasteiger partial charge in [0.1, 0.15) is 12.4 Å². The molecule has 4 heteroatoms. The van der Waals surface area contributed by atoms with Crippen LogP contribution in [-0.2, 0) is 13.2 Å². The number of hydrogen-bond donors (Lipinski definition) is 1. The number of rotatable bonds is 4. The van der Waals surface area contributed by atoms with Crippen molar-refractivity contribution < 1.29 is 9.84 Å². The third-order valence-corrected chi connectivity index (χ3v) is 3.11. The number of nitrogens with zero attached hydrogens (tertiary/aromatic N) is 1. The summed E-state index contributed by atoms with van der Waals surface area (Å²) in [6.07, 6.45) is 0. The van der Waals surface area contributed by atoms with Crippen LogP contribution in [0.15, 0.2) is 42.5 Å². The van der Waals surface area contributed by atoms with Crippen molar-refractivity contribution in [1.29, 1.82) is 5.26 Å². The molecule has 0 unspecified atom stereocenters. The number of aliphatic hydroxyl groups excluding tert-OH is 1. The van der Waals surface area contributed by atoms with Crippen molar-refractivity contribution in [2.24, 2.45) is 0 Å². The molecule has 19 heavy (non-hydrogen) atoms. The van der Waals surface area contributed by atoms with Crippen LogP contribution in [-0.4, -0.2) is 5.11 Å². The van der Waals surface area contributed by atoms with Gasteiger partial charge in [0.05, 0.1) is 18.2 Å². The van der Waals surface area contributed by atoms with Gasteiger partial charge < -0.3 is 9.84 Å². The topological polar surface area (TPSA) is 53.2 Å². The van der Waals surface area contributed by atoms with E-state index in [0.717, 1.165) is 5.56 Å². The molecule has 0 saturated heterocycles. The molecule has 2 aromatic rings. The van der Waals surface area contributed by atoms with Crippen molar-refractivity contribution >= 4 is 11.6 Å². The summed E-state index contributed by atoms with van der Waals surface area (Å²) in [5.74, 6) is 0.530. The predicted octanol–water partition coefficient (Wildman–Crippen LogP) is 3.28. The van der Waals surface area contributed by atoms with E-state index in [9.17, 15) is 5.11 Å². The van der Waals surface area contributed by atoms with Gasteiger partial charge >= 0.3 is 0 Å². The molecule has 96 valence electrons. The quantitative estimate of drug-likeness (QED) is 0.930. The van der Waals surface area contributed by atoms with Gasteiger partial charge in [-0.25, -0.2) is 0 Å². The molecule has 0 aliphatic rings. The maximum Gasteiger partial charge on any atom is 0.126 e. The number of hydrogen-bond acceptors (Lipinski definition) is 3. The molecule has 2 rings (SSSR count). The summed E-state index contributed by atoms with van der Waals surface area (Å²) in [7, 11) is 0. The highest BCUT2D eigenvalue weighted by Crippen LogP contribution is 2.27. The van der Waals surface area contributed by atoms with Crippen LogP contribution in [0.5, 0.6) is 5.75 Å². The van der Waals surface area contributed by atoms with E-state index in [1.165, 1.54) is 0 Å². The molecule has 0 fully saturated rings. The zero-order valence-electron chi connectivity index (χ0n) is 10.1. The monoisotopic (exact) mass is 273 g/mol. The highest BCUT2D eigenvalue weighted by molar-refractivity contribution is 6.31. The average Bonchev–Trinajstić information content (AvgIpc) is 2.45. The lowest BCUT2D eigenvalue weighted by Crippen LogP contribution is -2.01. The summed E-state index contributed by atoms with van der Waals surface area (Å²) in [5.41, 5.74) is 1.93. The number of aliphatic hydroxyl groups is 1. The van der Waals surface area contributed by atoms with Gasteiger partial charge in [0.25, 0.3) is 0 Å². The molecule has 0 aromatic heterocycles. The largest absolute Gasteiger partial charge is 0.488 e. The van der Waals surface area contributed by atoms with Crippen LogP contribution >= 0.6 is 11.6 Å². The first-order chi connectivity index (χ1) is 9.26. The second kappa shape index (κ2) is 6.24. The molecule has 0 atom stereocenters. The summed E-state index contributed by atoms with van der Waals surface area (Å²) in [6.45, 7) is 0.0754. The molecular formula is C15H12ClNO2. The van der Waals surface area contributed by atoms with Crippen molar-refractivity contribution in [2.75, 3.05) is 0 Å². The third-order valence-electron chi connectivity index (χ3n) is 2.75. The average molecular weight is 274 g/mol. The highest BCUT2D eigenvalue weighted by Gasteiger charge is 2.08. The van der Waals surface area contributed by atoms with E-state index >= 15 is 0 Å². The van der Waals surface area contributed by atoms with E-state index in [2.05, 4.69) is 6.07 Å². The maximum atomic E-state index is 9.28. The van der Waals surface area contributed by atoms with Crippen LogP contribution in [0, 0.1) is 11.3 Å². The fourth-order valence-electron chi connectivity index (χ4n) is 1.74. The van der Waals surface area contributed by atoms with Gasteiger partial charge in [-0.15, -0.1) is 0 Å². The number of ether oxygens (including phenoxy) is 1. The standard InChI is InChI=1S/C15H12ClNO2/c16-14-6-3-7-15(13(14)9-18)19-10-12-5-2-1-4-11(12)8-17/h1-7,18H,9-10H2. The van der Waals surface area contributed by atoms with Crippen LogP contribution in [0.3, 0.4) is 0 Å². The van der Waals surface area contributed by atoms with Crippen molar-refractivity contribution in [2.45, 2.75) is 13.2 Å². The lowest BCUT2D eigenvalue weighted by Gasteiger charge is -2.12. The molecule has 0 spiro atoms. The van der Waals surface area contributed by atoms with Crippen molar-refractivity contribution in [3.05, 3.63) is 64.2 Å². The van der Waals surface area contributed by atoms with Gasteiger partial charge in [-0.05, 0) is 18.2 Å². The Kier molecular flexibility index (Phi) is 4.40. The molecule has 1 N–H and O–H groups in total. The van der Waals surface area contributed by atoms with Gasteiger partial charge in [-0.2, -0.15) is 5.26 Å². The van der Waals surface area contributed by atoms with E-state index in [0.29, 0.717) is 21.9 Å². The van der Waals surface area contributed by atoms with E-state index in [-0.39, 0.29) is 13.2 Å². The second-order valence-corrected chi connectivity index (χ2v) is 4.34. The smallest absolute Gasteiger partial charge is 0.126 e. The Hall–Kier alpha value is -2.02. The summed E-state index contributed by atoms with van der Waals surface area (Å²) < 4.78 is 5.64. The van der Waals surface area contributed by atoms with Crippen LogP contribution in [0.2, 0.25) is 5.02 Å². The summed E-state index contributed by atoms with van der Waals surface area (Å²) in [6, 6.07) is 14.5. The first-order valence-electron chi connectivity index (χ1n) is 5.75. The molecule has 0 radical (unpaired) electrons. The SMILES string of the molecule is N#Cc1ccccc1COc1cccc(Cl)c1CO. The Labute approximate surface area is 116 Å². The van der Waals surface area contributed by atoms with Gasteiger partial charge in [0.15, 0.2) is 0 Å². The van der Waals surface area contributed by atoms with E-state index in [4.69, 9.17) is 21.6 Å². The van der Waals surface area contributed by atoms with Crippen LogP contribution < -0.4 is 4.74 Å². The summed E-state index contributed by atoms with van der Waals surface area (Å²) in [4.78, 5) is 0. The first kappa shape index (κ1) is 13.4. The Morgan fingerprint density at radius 2 is 1.95 bits per heavy atom. The van der Waals surface area contributed by atoms with Gasteiger partial charge in [0.2, 0.25) is 0 Å². The molecule has 0 aliphatic heterocycles. The molecule has 0 aliphatic carbocycles. The zero-order valence-corrected chi connectivity index (χ0v) is 10.9. The van der Waals surface area contributed by atoms with Gasteiger partial charge in [-0.3, -0.25) is 0 Å². The molecule has 0 saturated carbocycles. The molecule has 0 amide bonds. The minimum Gasteiger partial charge on any atom is -0.488 e.